The number of nitrogen functional groups attached to an aromatic ring is 2. The van der Waals surface area contributed by atoms with Gasteiger partial charge in [-0.3, -0.25) is 0 Å². The molecule has 0 saturated heterocycles. The first-order chi connectivity index (χ1) is 16.3. The number of hydrogen-bond donors (Lipinski definition) is 2. The number of benzene rings is 4. The van der Waals surface area contributed by atoms with Crippen LogP contribution < -0.4 is 20.9 Å². The van der Waals surface area contributed by atoms with Gasteiger partial charge in [-0.1, -0.05) is 49.2 Å². The fourth-order valence-corrected chi connectivity index (χ4v) is 4.19. The van der Waals surface area contributed by atoms with Gasteiger partial charge in [0.15, 0.2) is 0 Å². The molecule has 0 aliphatic heterocycles. The largest absolute Gasteiger partial charge is 0.456 e. The van der Waals surface area contributed by atoms with Crippen LogP contribution >= 0.6 is 23.2 Å². The summed E-state index contributed by atoms with van der Waals surface area (Å²) in [4.78, 5) is 0. The second-order valence-electron chi connectivity index (χ2n) is 8.32. The van der Waals surface area contributed by atoms with Crippen molar-refractivity contribution >= 4 is 34.6 Å². The van der Waals surface area contributed by atoms with E-state index >= 15 is 0 Å². The van der Waals surface area contributed by atoms with Gasteiger partial charge in [-0.15, -0.1) is 0 Å². The van der Waals surface area contributed by atoms with Gasteiger partial charge in [-0.2, -0.15) is 0 Å². The number of rotatable bonds is 7. The number of halogens is 2. The smallest absolute Gasteiger partial charge is 0.146 e. The maximum atomic E-state index is 6.61. The minimum absolute atomic E-state index is 0.313. The van der Waals surface area contributed by atoms with E-state index in [4.69, 9.17) is 44.1 Å². The molecule has 4 N–H and O–H groups in total. The molecule has 34 heavy (non-hydrogen) atoms. The summed E-state index contributed by atoms with van der Waals surface area (Å²) < 4.78 is 11.9. The molecular weight excluding hydrogens is 467 g/mol. The number of anilines is 2. The molecule has 0 bridgehead atoms. The minimum Gasteiger partial charge on any atom is -0.456 e. The van der Waals surface area contributed by atoms with E-state index in [0.717, 1.165) is 17.5 Å². The van der Waals surface area contributed by atoms with Gasteiger partial charge in [-0.25, -0.2) is 0 Å². The summed E-state index contributed by atoms with van der Waals surface area (Å²) in [5.74, 6) is 2.51. The summed E-state index contributed by atoms with van der Waals surface area (Å²) in [6, 6.07) is 26.1. The molecule has 0 atom stereocenters. The predicted molar refractivity (Wildman–Crippen MR) is 142 cm³/mol. The van der Waals surface area contributed by atoms with E-state index in [0.29, 0.717) is 44.4 Å². The zero-order valence-corrected chi connectivity index (χ0v) is 20.5. The van der Waals surface area contributed by atoms with Crippen molar-refractivity contribution in [1.82, 2.24) is 0 Å². The third-order valence-electron chi connectivity index (χ3n) is 6.06. The maximum Gasteiger partial charge on any atom is 0.146 e. The lowest BCUT2D eigenvalue weighted by Crippen LogP contribution is -2.22. The Morgan fingerprint density at radius 1 is 0.647 bits per heavy atom. The van der Waals surface area contributed by atoms with E-state index in [-0.39, 0.29) is 5.41 Å². The van der Waals surface area contributed by atoms with E-state index in [1.807, 2.05) is 60.7 Å². The van der Waals surface area contributed by atoms with Crippen LogP contribution in [0, 0.1) is 0 Å². The summed E-state index contributed by atoms with van der Waals surface area (Å²) in [6.45, 7) is 4.31. The van der Waals surface area contributed by atoms with Crippen molar-refractivity contribution in [3.63, 3.8) is 0 Å². The van der Waals surface area contributed by atoms with E-state index in [1.54, 1.807) is 24.3 Å². The van der Waals surface area contributed by atoms with E-state index in [2.05, 4.69) is 13.8 Å². The monoisotopic (exact) mass is 492 g/mol. The molecule has 174 valence electrons. The molecule has 4 nitrogen and oxygen atoms in total. The highest BCUT2D eigenvalue weighted by Gasteiger charge is 2.28. The third kappa shape index (κ3) is 5.09. The third-order valence-corrected chi connectivity index (χ3v) is 6.65. The van der Waals surface area contributed by atoms with E-state index < -0.39 is 0 Å². The predicted octanol–water partition coefficient (Wildman–Crippen LogP) is 8.46. The van der Waals surface area contributed by atoms with Gasteiger partial charge in [0.1, 0.15) is 23.0 Å². The molecule has 0 radical (unpaired) electrons. The molecule has 0 amide bonds. The second-order valence-corrected chi connectivity index (χ2v) is 9.13. The van der Waals surface area contributed by atoms with Crippen molar-refractivity contribution in [2.75, 3.05) is 11.5 Å². The van der Waals surface area contributed by atoms with Crippen LogP contribution in [0.3, 0.4) is 0 Å². The Morgan fingerprint density at radius 2 is 1.03 bits per heavy atom. The first-order valence-corrected chi connectivity index (χ1v) is 11.7. The van der Waals surface area contributed by atoms with Crippen LogP contribution in [0.1, 0.15) is 31.4 Å². The number of nitrogens with two attached hydrogens (primary N) is 2. The van der Waals surface area contributed by atoms with Crippen molar-refractivity contribution in [3.05, 3.63) is 106 Å². The van der Waals surface area contributed by atoms with Crippen molar-refractivity contribution in [1.29, 1.82) is 0 Å². The lowest BCUT2D eigenvalue weighted by atomic mass is 9.74. The van der Waals surface area contributed by atoms with Gasteiger partial charge < -0.3 is 20.9 Å². The molecule has 4 aromatic carbocycles. The molecule has 0 heterocycles. The fraction of sp³-hybridized carbons (Fsp3) is 0.143. The Kier molecular flexibility index (Phi) is 6.92. The molecule has 0 aromatic heterocycles. The first-order valence-electron chi connectivity index (χ1n) is 11.0. The van der Waals surface area contributed by atoms with Crippen molar-refractivity contribution < 1.29 is 9.47 Å². The Balaban J connectivity index is 1.59. The van der Waals surface area contributed by atoms with Crippen LogP contribution in [-0.4, -0.2) is 0 Å². The van der Waals surface area contributed by atoms with Crippen molar-refractivity contribution in [3.8, 4) is 23.0 Å². The Bertz CT molecular complexity index is 1190. The SMILES string of the molecule is CCC(C)(c1ccc(Oc2ccc(N)cc2)c(Cl)c1)c1ccc(Oc2ccc(N)cc2)c(Cl)c1. The topological polar surface area (TPSA) is 70.5 Å². The Labute approximate surface area is 210 Å². The Morgan fingerprint density at radius 3 is 1.35 bits per heavy atom. The maximum absolute atomic E-state index is 6.61. The van der Waals surface area contributed by atoms with Crippen molar-refractivity contribution in [2.24, 2.45) is 0 Å². The van der Waals surface area contributed by atoms with Crippen LogP contribution in [0.5, 0.6) is 23.0 Å². The molecule has 4 aromatic rings. The van der Waals surface area contributed by atoms with Crippen LogP contribution in [0.4, 0.5) is 11.4 Å². The van der Waals surface area contributed by atoms with Crippen LogP contribution in [0.2, 0.25) is 10.0 Å². The summed E-state index contributed by atoms with van der Waals surface area (Å²) in [5, 5.41) is 1.06. The van der Waals surface area contributed by atoms with Gasteiger partial charge in [-0.05, 0) is 90.3 Å². The average Bonchev–Trinajstić information content (AvgIpc) is 2.84. The molecule has 4 rings (SSSR count). The second kappa shape index (κ2) is 9.88. The van der Waals surface area contributed by atoms with Gasteiger partial charge in [0.05, 0.1) is 10.0 Å². The van der Waals surface area contributed by atoms with Gasteiger partial charge in [0, 0.05) is 16.8 Å². The minimum atomic E-state index is -0.313. The fourth-order valence-electron chi connectivity index (χ4n) is 3.75. The van der Waals surface area contributed by atoms with Gasteiger partial charge >= 0.3 is 0 Å². The molecule has 0 aliphatic rings. The van der Waals surface area contributed by atoms with Crippen LogP contribution in [0.15, 0.2) is 84.9 Å². The standard InChI is InChI=1S/C28H26Cl2N2O2/c1-3-28(2,18-4-14-26(24(29)16-18)33-22-10-6-20(31)7-11-22)19-5-15-27(25(30)17-19)34-23-12-8-21(32)9-13-23/h4-17H,3,31-32H2,1-2H3. The summed E-state index contributed by atoms with van der Waals surface area (Å²) in [5.41, 5.74) is 14.7. The highest BCUT2D eigenvalue weighted by atomic mass is 35.5. The summed E-state index contributed by atoms with van der Waals surface area (Å²) >= 11 is 13.2. The normalized spacial score (nSPS) is 11.3. The van der Waals surface area contributed by atoms with Crippen molar-refractivity contribution in [2.45, 2.75) is 25.7 Å². The molecule has 0 unspecified atom stereocenters. The lowest BCUT2D eigenvalue weighted by molar-refractivity contribution is 0.479. The van der Waals surface area contributed by atoms with Crippen LogP contribution in [-0.2, 0) is 5.41 Å². The quantitative estimate of drug-likeness (QED) is 0.253. The van der Waals surface area contributed by atoms with E-state index in [1.165, 1.54) is 0 Å². The molecule has 0 fully saturated rings. The number of hydrogen-bond acceptors (Lipinski definition) is 4. The number of ether oxygens (including phenoxy) is 2. The van der Waals surface area contributed by atoms with Gasteiger partial charge in [0.2, 0.25) is 0 Å². The van der Waals surface area contributed by atoms with Crippen LogP contribution in [0.25, 0.3) is 0 Å². The molecule has 0 spiro atoms. The molecule has 0 saturated carbocycles. The first kappa shape index (κ1) is 23.8. The van der Waals surface area contributed by atoms with E-state index in [9.17, 15) is 0 Å². The molecular formula is C28H26Cl2N2O2. The highest BCUT2D eigenvalue weighted by Crippen LogP contribution is 2.42. The lowest BCUT2D eigenvalue weighted by Gasteiger charge is -2.30. The zero-order valence-electron chi connectivity index (χ0n) is 19.0. The van der Waals surface area contributed by atoms with Gasteiger partial charge in [0.25, 0.3) is 0 Å². The Hall–Kier alpha value is -3.34. The summed E-state index contributed by atoms with van der Waals surface area (Å²) in [6.07, 6.45) is 0.843. The molecule has 0 aliphatic carbocycles. The zero-order chi connectivity index (χ0) is 24.3. The average molecular weight is 493 g/mol. The summed E-state index contributed by atoms with van der Waals surface area (Å²) in [7, 11) is 0. The highest BCUT2D eigenvalue weighted by molar-refractivity contribution is 6.32. The molecule has 6 heteroatoms.